The molecule has 0 bridgehead atoms. The minimum atomic E-state index is 0.0357. The van der Waals surface area contributed by atoms with Gasteiger partial charge < -0.3 is 9.13 Å². The first-order valence-corrected chi connectivity index (χ1v) is 12.8. The van der Waals surface area contributed by atoms with Crippen LogP contribution in [0.5, 0.6) is 0 Å². The van der Waals surface area contributed by atoms with Gasteiger partial charge in [-0.1, -0.05) is 78.9 Å². The van der Waals surface area contributed by atoms with E-state index < -0.39 is 0 Å². The number of hydrogen-bond donors (Lipinski definition) is 0. The van der Waals surface area contributed by atoms with E-state index in [9.17, 15) is 0 Å². The molecule has 7 aromatic rings. The number of imidazole rings is 1. The van der Waals surface area contributed by atoms with Crippen LogP contribution in [-0.2, 0) is 7.05 Å². The van der Waals surface area contributed by atoms with Crippen LogP contribution < -0.4 is 0 Å². The van der Waals surface area contributed by atoms with E-state index in [4.69, 9.17) is 4.98 Å². The molecule has 0 amide bonds. The third-order valence-corrected chi connectivity index (χ3v) is 7.33. The topological polar surface area (TPSA) is 35.6 Å². The Bertz CT molecular complexity index is 1840. The van der Waals surface area contributed by atoms with Crippen LogP contribution in [0.15, 0.2) is 134 Å². The number of rotatable bonds is 5. The van der Waals surface area contributed by atoms with Crippen molar-refractivity contribution in [3.63, 3.8) is 0 Å². The second kappa shape index (κ2) is 9.16. The van der Waals surface area contributed by atoms with Gasteiger partial charge in [-0.25, -0.2) is 4.98 Å². The molecular formula is C34H26N4. The standard InChI is InChI=1S/C34H26N4/c1-37-21-20-36-34(37)26-17-18-29-28-14-5-6-16-31(28)38(32(29)23-26)27-13-9-12-25(22-27)33(24-10-3-2-4-11-24)30-15-7-8-19-35-30/h2-23,33H,1H3. The second-order valence-electron chi connectivity index (χ2n) is 9.64. The molecule has 0 aliphatic carbocycles. The minimum absolute atomic E-state index is 0.0357. The maximum Gasteiger partial charge on any atom is 0.139 e. The van der Waals surface area contributed by atoms with Crippen molar-refractivity contribution in [3.8, 4) is 17.1 Å². The summed E-state index contributed by atoms with van der Waals surface area (Å²) < 4.78 is 4.44. The van der Waals surface area contributed by atoms with Crippen molar-refractivity contribution >= 4 is 21.8 Å². The van der Waals surface area contributed by atoms with Gasteiger partial charge >= 0.3 is 0 Å². The van der Waals surface area contributed by atoms with Gasteiger partial charge in [-0.3, -0.25) is 4.98 Å². The number of aryl methyl sites for hydroxylation is 1. The lowest BCUT2D eigenvalue weighted by Gasteiger charge is -2.19. The van der Waals surface area contributed by atoms with Gasteiger partial charge in [0.05, 0.1) is 22.6 Å². The molecule has 3 heterocycles. The summed E-state index contributed by atoms with van der Waals surface area (Å²) in [6.45, 7) is 0. The molecule has 0 aliphatic rings. The molecule has 0 spiro atoms. The Morgan fingerprint density at radius 1 is 0.605 bits per heavy atom. The molecule has 0 aliphatic heterocycles. The van der Waals surface area contributed by atoms with Crippen LogP contribution in [0, 0.1) is 0 Å². The minimum Gasteiger partial charge on any atom is -0.334 e. The van der Waals surface area contributed by atoms with Crippen molar-refractivity contribution in [2.75, 3.05) is 0 Å². The summed E-state index contributed by atoms with van der Waals surface area (Å²) in [4.78, 5) is 9.36. The molecule has 1 unspecified atom stereocenters. The highest BCUT2D eigenvalue weighted by Gasteiger charge is 2.20. The Labute approximate surface area is 221 Å². The molecule has 182 valence electrons. The van der Waals surface area contributed by atoms with Gasteiger partial charge in [0.2, 0.25) is 0 Å². The van der Waals surface area contributed by atoms with E-state index in [1.165, 1.54) is 27.4 Å². The van der Waals surface area contributed by atoms with E-state index in [0.29, 0.717) is 0 Å². The highest BCUT2D eigenvalue weighted by atomic mass is 15.0. The molecule has 4 heteroatoms. The molecule has 38 heavy (non-hydrogen) atoms. The summed E-state index contributed by atoms with van der Waals surface area (Å²) in [7, 11) is 2.03. The molecule has 7 rings (SSSR count). The molecule has 1 atom stereocenters. The zero-order chi connectivity index (χ0) is 25.5. The predicted octanol–water partition coefficient (Wildman–Crippen LogP) is 7.76. The molecule has 0 fully saturated rings. The fourth-order valence-electron chi connectivity index (χ4n) is 5.60. The molecule has 0 N–H and O–H groups in total. The summed E-state index contributed by atoms with van der Waals surface area (Å²) >= 11 is 0. The van der Waals surface area contributed by atoms with Gasteiger partial charge in [0.25, 0.3) is 0 Å². The van der Waals surface area contributed by atoms with E-state index in [0.717, 1.165) is 28.3 Å². The van der Waals surface area contributed by atoms with E-state index in [1.54, 1.807) is 0 Å². The number of para-hydroxylation sites is 1. The summed E-state index contributed by atoms with van der Waals surface area (Å²) in [6, 6.07) is 41.0. The zero-order valence-electron chi connectivity index (χ0n) is 21.1. The number of fused-ring (bicyclic) bond motifs is 3. The predicted molar refractivity (Wildman–Crippen MR) is 155 cm³/mol. The van der Waals surface area contributed by atoms with Gasteiger partial charge in [0, 0.05) is 47.7 Å². The van der Waals surface area contributed by atoms with Crippen molar-refractivity contribution in [2.45, 2.75) is 5.92 Å². The lowest BCUT2D eigenvalue weighted by molar-refractivity contribution is 0.916. The van der Waals surface area contributed by atoms with E-state index >= 15 is 0 Å². The Morgan fingerprint density at radius 2 is 1.39 bits per heavy atom. The third kappa shape index (κ3) is 3.70. The Hall–Kier alpha value is -4.96. The van der Waals surface area contributed by atoms with Crippen LogP contribution in [0.4, 0.5) is 0 Å². The smallest absolute Gasteiger partial charge is 0.139 e. The van der Waals surface area contributed by atoms with Gasteiger partial charge in [0.15, 0.2) is 0 Å². The Morgan fingerprint density at radius 3 is 2.21 bits per heavy atom. The SMILES string of the molecule is Cn1ccnc1-c1ccc2c3ccccc3n(-c3cccc(C(c4ccccc4)c4ccccn4)c3)c2c1. The highest BCUT2D eigenvalue weighted by molar-refractivity contribution is 6.10. The molecular weight excluding hydrogens is 464 g/mol. The molecule has 0 radical (unpaired) electrons. The average molecular weight is 491 g/mol. The quantitative estimate of drug-likeness (QED) is 0.247. The Kier molecular flexibility index (Phi) is 5.37. The van der Waals surface area contributed by atoms with Crippen LogP contribution in [0.25, 0.3) is 38.9 Å². The average Bonchev–Trinajstić information content (AvgIpc) is 3.55. The fourth-order valence-corrected chi connectivity index (χ4v) is 5.60. The normalized spacial score (nSPS) is 12.2. The first kappa shape index (κ1) is 22.3. The first-order valence-electron chi connectivity index (χ1n) is 12.8. The number of aromatic nitrogens is 4. The third-order valence-electron chi connectivity index (χ3n) is 7.33. The summed E-state index contributed by atoms with van der Waals surface area (Å²) in [5.74, 6) is 0.991. The molecule has 4 aromatic carbocycles. The summed E-state index contributed by atoms with van der Waals surface area (Å²) in [5, 5.41) is 2.47. The van der Waals surface area contributed by atoms with E-state index in [-0.39, 0.29) is 5.92 Å². The van der Waals surface area contributed by atoms with Gasteiger partial charge in [0.1, 0.15) is 5.82 Å². The number of hydrogen-bond acceptors (Lipinski definition) is 2. The van der Waals surface area contributed by atoms with Crippen LogP contribution >= 0.6 is 0 Å². The van der Waals surface area contributed by atoms with Crippen molar-refractivity contribution < 1.29 is 0 Å². The zero-order valence-corrected chi connectivity index (χ0v) is 21.1. The lowest BCUT2D eigenvalue weighted by Crippen LogP contribution is -2.06. The monoisotopic (exact) mass is 490 g/mol. The second-order valence-corrected chi connectivity index (χ2v) is 9.64. The highest BCUT2D eigenvalue weighted by Crippen LogP contribution is 2.36. The first-order chi connectivity index (χ1) is 18.8. The largest absolute Gasteiger partial charge is 0.334 e. The maximum atomic E-state index is 4.76. The van der Waals surface area contributed by atoms with Gasteiger partial charge in [-0.15, -0.1) is 0 Å². The van der Waals surface area contributed by atoms with Crippen LogP contribution in [-0.4, -0.2) is 19.1 Å². The summed E-state index contributed by atoms with van der Waals surface area (Å²) in [6.07, 6.45) is 5.71. The van der Waals surface area contributed by atoms with Crippen LogP contribution in [0.1, 0.15) is 22.7 Å². The summed E-state index contributed by atoms with van der Waals surface area (Å²) in [5.41, 5.74) is 8.04. The van der Waals surface area contributed by atoms with Gasteiger partial charge in [-0.05, 0) is 47.5 Å². The molecule has 4 nitrogen and oxygen atoms in total. The van der Waals surface area contributed by atoms with Crippen LogP contribution in [0.2, 0.25) is 0 Å². The van der Waals surface area contributed by atoms with E-state index in [2.05, 4.69) is 123 Å². The van der Waals surface area contributed by atoms with E-state index in [1.807, 2.05) is 31.7 Å². The van der Waals surface area contributed by atoms with Crippen molar-refractivity contribution in [2.24, 2.45) is 7.05 Å². The van der Waals surface area contributed by atoms with Crippen LogP contribution in [0.3, 0.4) is 0 Å². The Balaban J connectivity index is 1.46. The fraction of sp³-hybridized carbons (Fsp3) is 0.0588. The molecule has 0 saturated heterocycles. The van der Waals surface area contributed by atoms with Crippen molar-refractivity contribution in [1.29, 1.82) is 0 Å². The van der Waals surface area contributed by atoms with Crippen molar-refractivity contribution in [1.82, 2.24) is 19.1 Å². The van der Waals surface area contributed by atoms with Gasteiger partial charge in [-0.2, -0.15) is 0 Å². The number of nitrogens with zero attached hydrogens (tertiary/aromatic N) is 4. The molecule has 0 saturated carbocycles. The maximum absolute atomic E-state index is 4.76. The van der Waals surface area contributed by atoms with Crippen molar-refractivity contribution in [3.05, 3.63) is 151 Å². The lowest BCUT2D eigenvalue weighted by atomic mass is 9.88. The molecule has 3 aromatic heterocycles. The number of pyridine rings is 1. The number of benzene rings is 4.